The highest BCUT2D eigenvalue weighted by atomic mass is 127. The van der Waals surface area contributed by atoms with Gasteiger partial charge in [0.25, 0.3) is 0 Å². The lowest BCUT2D eigenvalue weighted by Crippen LogP contribution is -2.36. The van der Waals surface area contributed by atoms with Gasteiger partial charge < -0.3 is 10.2 Å². The Morgan fingerprint density at radius 3 is 1.45 bits per heavy atom. The first kappa shape index (κ1) is 10.3. The van der Waals surface area contributed by atoms with Crippen molar-refractivity contribution in [2.24, 2.45) is 0 Å². The third-order valence-corrected chi connectivity index (χ3v) is 3.67. The average Bonchev–Trinajstić information content (AvgIpc) is 1.91. The van der Waals surface area contributed by atoms with Crippen molar-refractivity contribution in [3.8, 4) is 0 Å². The summed E-state index contributed by atoms with van der Waals surface area (Å²) in [6, 6.07) is 0. The second-order valence-electron chi connectivity index (χ2n) is 2.59. The molecule has 0 aromatic carbocycles. The lowest BCUT2D eigenvalue weighted by Gasteiger charge is -2.16. The highest BCUT2D eigenvalue weighted by Crippen LogP contribution is 2.50. The van der Waals surface area contributed by atoms with E-state index in [4.69, 9.17) is 10.2 Å². The summed E-state index contributed by atoms with van der Waals surface area (Å²) in [6.07, 6.45) is -3.75. The lowest BCUT2D eigenvalue weighted by molar-refractivity contribution is -0.0165. The maximum absolute atomic E-state index is 13.1. The fraction of sp³-hybridized carbons (Fsp3) is 1.00. The zero-order chi connectivity index (χ0) is 8.86. The van der Waals surface area contributed by atoms with E-state index < -0.39 is 26.0 Å². The van der Waals surface area contributed by atoms with Gasteiger partial charge in [0.1, 0.15) is 12.2 Å². The van der Waals surface area contributed by atoms with Crippen LogP contribution >= 0.6 is 45.2 Å². The molecule has 4 atom stereocenters. The maximum Gasteiger partial charge on any atom is 0.193 e. The van der Waals surface area contributed by atoms with Crippen molar-refractivity contribution < 1.29 is 19.0 Å². The van der Waals surface area contributed by atoms with Crippen LogP contribution in [0.3, 0.4) is 0 Å². The largest absolute Gasteiger partial charge is 0.386 e. The number of halogens is 4. The van der Waals surface area contributed by atoms with Crippen molar-refractivity contribution in [3.63, 3.8) is 0 Å². The summed E-state index contributed by atoms with van der Waals surface area (Å²) in [6.45, 7) is 0. The Morgan fingerprint density at radius 2 is 1.36 bits per heavy atom. The van der Waals surface area contributed by atoms with Crippen molar-refractivity contribution in [2.45, 2.75) is 26.0 Å². The van der Waals surface area contributed by atoms with E-state index in [9.17, 15) is 8.78 Å². The Morgan fingerprint density at radius 1 is 1.09 bits per heavy atom. The van der Waals surface area contributed by atoms with Crippen LogP contribution in [0.25, 0.3) is 0 Å². The third kappa shape index (κ3) is 1.78. The molecule has 66 valence electrons. The molecule has 1 rings (SSSR count). The Hall–Kier alpha value is 1.24. The van der Waals surface area contributed by atoms with Crippen LogP contribution in [0.4, 0.5) is 8.78 Å². The molecule has 2 nitrogen and oxygen atoms in total. The summed E-state index contributed by atoms with van der Waals surface area (Å²) in [4.78, 5) is 0. The van der Waals surface area contributed by atoms with E-state index in [0.717, 1.165) is 0 Å². The highest BCUT2D eigenvalue weighted by molar-refractivity contribution is 14.1. The monoisotopic (exact) mass is 390 g/mol. The number of rotatable bonds is 0. The van der Waals surface area contributed by atoms with E-state index in [1.54, 1.807) is 0 Å². The first-order valence-electron chi connectivity index (χ1n) is 2.89. The Labute approximate surface area is 89.6 Å². The van der Waals surface area contributed by atoms with E-state index in [2.05, 4.69) is 0 Å². The molecule has 0 heterocycles. The molecule has 0 aromatic rings. The van der Waals surface area contributed by atoms with Gasteiger partial charge in [-0.3, -0.25) is 0 Å². The molecule has 0 radical (unpaired) electrons. The van der Waals surface area contributed by atoms with E-state index in [1.165, 1.54) is 45.2 Å². The summed E-state index contributed by atoms with van der Waals surface area (Å²) < 4.78 is 22.1. The summed E-state index contributed by atoms with van der Waals surface area (Å²) in [5.41, 5.74) is 0. The molecular weight excluding hydrogens is 384 g/mol. The molecule has 0 saturated heterocycles. The average molecular weight is 390 g/mol. The zero-order valence-electron chi connectivity index (χ0n) is 5.27. The van der Waals surface area contributed by atoms with Crippen molar-refractivity contribution in [2.75, 3.05) is 0 Å². The topological polar surface area (TPSA) is 40.5 Å². The number of aliphatic hydroxyl groups is 2. The third-order valence-electron chi connectivity index (χ3n) is 1.64. The molecular formula is C5H6F2I2O2. The highest BCUT2D eigenvalue weighted by Gasteiger charge is 2.60. The summed E-state index contributed by atoms with van der Waals surface area (Å²) in [7, 11) is 0. The van der Waals surface area contributed by atoms with Crippen molar-refractivity contribution >= 4 is 45.2 Å². The van der Waals surface area contributed by atoms with Crippen LogP contribution in [0.1, 0.15) is 6.42 Å². The van der Waals surface area contributed by atoms with Gasteiger partial charge in [-0.15, -0.1) is 0 Å². The molecule has 11 heavy (non-hydrogen) atoms. The fourth-order valence-electron chi connectivity index (χ4n) is 0.985. The molecule has 6 heteroatoms. The molecule has 1 aliphatic rings. The van der Waals surface area contributed by atoms with Crippen molar-refractivity contribution in [1.82, 2.24) is 0 Å². The van der Waals surface area contributed by atoms with Crippen LogP contribution < -0.4 is 0 Å². The predicted molar refractivity (Wildman–Crippen MR) is 52.3 cm³/mol. The second kappa shape index (κ2) is 2.88. The number of hydrogen-bond acceptors (Lipinski definition) is 2. The Bertz CT molecular complexity index is 156. The normalized spacial score (nSPS) is 58.4. The first-order valence-corrected chi connectivity index (χ1v) is 5.05. The summed E-state index contributed by atoms with van der Waals surface area (Å²) in [5, 5.41) is 18.0. The lowest BCUT2D eigenvalue weighted by atomic mass is 10.2. The fourth-order valence-corrected chi connectivity index (χ4v) is 3.51. The second-order valence-corrected chi connectivity index (χ2v) is 6.18. The van der Waals surface area contributed by atoms with Gasteiger partial charge in [-0.25, -0.2) is 8.78 Å². The van der Waals surface area contributed by atoms with Crippen LogP contribution in [0, 0.1) is 0 Å². The summed E-state index contributed by atoms with van der Waals surface area (Å²) >= 11 is 2.62. The standard InChI is InChI=1S/C5H6F2I2O2/c6-4(8)1-5(7,9)3(11)2(4)10/h2-3,10-11H,1H2/t2?,3?,4-,5?/m1/s1. The van der Waals surface area contributed by atoms with Crippen LogP contribution in [0.5, 0.6) is 0 Å². The van der Waals surface area contributed by atoms with E-state index >= 15 is 0 Å². The van der Waals surface area contributed by atoms with Gasteiger partial charge in [0.2, 0.25) is 0 Å². The van der Waals surface area contributed by atoms with E-state index in [0.29, 0.717) is 0 Å². The van der Waals surface area contributed by atoms with Gasteiger partial charge >= 0.3 is 0 Å². The molecule has 2 N–H and O–H groups in total. The number of alkyl halides is 4. The minimum atomic E-state index is -2.05. The smallest absolute Gasteiger partial charge is 0.193 e. The number of hydrogen-bond donors (Lipinski definition) is 2. The maximum atomic E-state index is 13.1. The molecule has 0 bridgehead atoms. The molecule has 3 unspecified atom stereocenters. The molecule has 0 aliphatic heterocycles. The van der Waals surface area contributed by atoms with Crippen LogP contribution in [0.2, 0.25) is 0 Å². The zero-order valence-corrected chi connectivity index (χ0v) is 9.58. The van der Waals surface area contributed by atoms with Gasteiger partial charge in [0.05, 0.1) is 0 Å². The molecule has 0 aromatic heterocycles. The Balaban J connectivity index is 2.86. The molecule has 1 saturated carbocycles. The van der Waals surface area contributed by atoms with Crippen molar-refractivity contribution in [3.05, 3.63) is 0 Å². The SMILES string of the molecule is OC1C(O)[C@](F)(I)CC1(F)I. The van der Waals surface area contributed by atoms with Crippen LogP contribution in [0.15, 0.2) is 0 Å². The van der Waals surface area contributed by atoms with E-state index in [1.807, 2.05) is 0 Å². The quantitative estimate of drug-likeness (QED) is 0.484. The minimum Gasteiger partial charge on any atom is -0.386 e. The van der Waals surface area contributed by atoms with Gasteiger partial charge in [0.15, 0.2) is 7.35 Å². The van der Waals surface area contributed by atoms with E-state index in [-0.39, 0.29) is 0 Å². The minimum absolute atomic E-state index is 0.483. The van der Waals surface area contributed by atoms with Gasteiger partial charge in [0, 0.05) is 6.42 Å². The first-order chi connectivity index (χ1) is 4.77. The molecule has 1 fully saturated rings. The van der Waals surface area contributed by atoms with Gasteiger partial charge in [-0.05, 0) is 45.2 Å². The Kier molecular flexibility index (Phi) is 2.70. The number of aliphatic hydroxyl groups excluding tert-OH is 2. The van der Waals surface area contributed by atoms with Gasteiger partial charge in [-0.2, -0.15) is 0 Å². The molecule has 1 aliphatic carbocycles. The predicted octanol–water partition coefficient (Wildman–Crippen LogP) is 1.31. The molecule has 0 spiro atoms. The van der Waals surface area contributed by atoms with Crippen LogP contribution in [-0.2, 0) is 0 Å². The van der Waals surface area contributed by atoms with Crippen LogP contribution in [-0.4, -0.2) is 29.8 Å². The molecule has 0 amide bonds. The van der Waals surface area contributed by atoms with Crippen molar-refractivity contribution in [1.29, 1.82) is 0 Å². The van der Waals surface area contributed by atoms with Gasteiger partial charge in [-0.1, -0.05) is 0 Å². The summed E-state index contributed by atoms with van der Waals surface area (Å²) in [5.74, 6) is 0.